The van der Waals surface area contributed by atoms with E-state index in [1.165, 1.54) is 0 Å². The van der Waals surface area contributed by atoms with Crippen molar-refractivity contribution in [3.05, 3.63) is 78.5 Å². The molecule has 0 spiro atoms. The van der Waals surface area contributed by atoms with Gasteiger partial charge in [-0.25, -0.2) is 0 Å². The largest absolute Gasteiger partial charge is 0.461 e. The molecule has 0 saturated heterocycles. The summed E-state index contributed by atoms with van der Waals surface area (Å²) < 4.78 is 12.1. The first-order valence-corrected chi connectivity index (χ1v) is 8.79. The Morgan fingerprint density at radius 2 is 1.81 bits per heavy atom. The lowest BCUT2D eigenvalue weighted by molar-refractivity contribution is 0.530. The van der Waals surface area contributed by atoms with Gasteiger partial charge in [-0.15, -0.1) is 6.58 Å². The Kier molecular flexibility index (Phi) is 4.21. The van der Waals surface area contributed by atoms with Gasteiger partial charge in [0, 0.05) is 24.2 Å². The summed E-state index contributed by atoms with van der Waals surface area (Å²) in [5.41, 5.74) is 5.34. The van der Waals surface area contributed by atoms with Gasteiger partial charge < -0.3 is 8.83 Å². The van der Waals surface area contributed by atoms with Crippen LogP contribution in [0.2, 0.25) is 0 Å². The van der Waals surface area contributed by atoms with E-state index in [4.69, 9.17) is 8.83 Å². The zero-order valence-corrected chi connectivity index (χ0v) is 15.1. The molecule has 3 nitrogen and oxygen atoms in total. The molecule has 0 aliphatic carbocycles. The fourth-order valence-electron chi connectivity index (χ4n) is 3.21. The summed E-state index contributed by atoms with van der Waals surface area (Å²) in [5, 5.41) is 1.07. The van der Waals surface area contributed by atoms with Crippen LogP contribution in [0.5, 0.6) is 0 Å². The average molecular weight is 343 g/mol. The van der Waals surface area contributed by atoms with Gasteiger partial charge in [-0.3, -0.25) is 4.98 Å². The van der Waals surface area contributed by atoms with Crippen molar-refractivity contribution in [3.63, 3.8) is 0 Å². The van der Waals surface area contributed by atoms with E-state index >= 15 is 0 Å². The van der Waals surface area contributed by atoms with Gasteiger partial charge in [0.1, 0.15) is 22.9 Å². The number of pyridine rings is 1. The molecule has 0 unspecified atom stereocenters. The lowest BCUT2D eigenvalue weighted by Crippen LogP contribution is -1.86. The number of hydrogen-bond acceptors (Lipinski definition) is 3. The number of aryl methyl sites for hydroxylation is 2. The van der Waals surface area contributed by atoms with E-state index in [-0.39, 0.29) is 0 Å². The number of aromatic nitrogens is 1. The number of rotatable bonds is 5. The third kappa shape index (κ3) is 3.08. The Balaban J connectivity index is 1.89. The molecule has 0 N–H and O–H groups in total. The Morgan fingerprint density at radius 1 is 1.00 bits per heavy atom. The third-order valence-corrected chi connectivity index (χ3v) is 4.54. The Hall–Kier alpha value is -3.07. The molecule has 4 aromatic rings. The second kappa shape index (κ2) is 6.68. The summed E-state index contributed by atoms with van der Waals surface area (Å²) >= 11 is 0. The van der Waals surface area contributed by atoms with Crippen LogP contribution < -0.4 is 0 Å². The van der Waals surface area contributed by atoms with Crippen molar-refractivity contribution in [2.24, 2.45) is 0 Å². The zero-order valence-electron chi connectivity index (χ0n) is 15.1. The maximum Gasteiger partial charge on any atom is 0.138 e. The molecule has 0 bridgehead atoms. The van der Waals surface area contributed by atoms with Crippen LogP contribution in [0.1, 0.15) is 24.9 Å². The standard InChI is InChI=1S/C23H21NO2/c1-15(2)4-7-22-23(21-8-5-16(3)25-21)19-14-18(6-9-20(19)26-22)17-10-12-24-13-11-17/h5-6,8-14H,1,4,7H2,2-3H3. The fraction of sp³-hybridized carbons (Fsp3) is 0.174. The summed E-state index contributed by atoms with van der Waals surface area (Å²) in [6.45, 7) is 8.02. The molecule has 0 aliphatic heterocycles. The van der Waals surface area contributed by atoms with Crippen LogP contribution in [0.3, 0.4) is 0 Å². The highest BCUT2D eigenvalue weighted by molar-refractivity contribution is 5.97. The van der Waals surface area contributed by atoms with Gasteiger partial charge in [0.15, 0.2) is 0 Å². The monoisotopic (exact) mass is 343 g/mol. The smallest absolute Gasteiger partial charge is 0.138 e. The molecule has 0 saturated carbocycles. The first kappa shape index (κ1) is 16.4. The molecule has 3 heterocycles. The molecule has 0 amide bonds. The average Bonchev–Trinajstić information content (AvgIpc) is 3.22. The molecule has 0 aliphatic rings. The second-order valence-corrected chi connectivity index (χ2v) is 6.71. The molecule has 1 aromatic carbocycles. The number of benzene rings is 1. The maximum absolute atomic E-state index is 6.19. The van der Waals surface area contributed by atoms with Crippen molar-refractivity contribution >= 4 is 11.0 Å². The first-order chi connectivity index (χ1) is 12.6. The van der Waals surface area contributed by atoms with E-state index in [1.54, 1.807) is 0 Å². The second-order valence-electron chi connectivity index (χ2n) is 6.71. The number of nitrogens with zero attached hydrogens (tertiary/aromatic N) is 1. The molecule has 26 heavy (non-hydrogen) atoms. The number of allylic oxidation sites excluding steroid dienone is 1. The van der Waals surface area contributed by atoms with Gasteiger partial charge in [0.25, 0.3) is 0 Å². The summed E-state index contributed by atoms with van der Waals surface area (Å²) in [7, 11) is 0. The lowest BCUT2D eigenvalue weighted by atomic mass is 10.0. The minimum absolute atomic E-state index is 0.809. The fourth-order valence-corrected chi connectivity index (χ4v) is 3.21. The van der Waals surface area contributed by atoms with Crippen molar-refractivity contribution in [2.45, 2.75) is 26.7 Å². The Labute approximate surface area is 153 Å². The van der Waals surface area contributed by atoms with E-state index in [0.29, 0.717) is 0 Å². The summed E-state index contributed by atoms with van der Waals surface area (Å²) in [6, 6.07) is 14.3. The number of hydrogen-bond donors (Lipinski definition) is 0. The first-order valence-electron chi connectivity index (χ1n) is 8.79. The minimum atomic E-state index is 0.809. The van der Waals surface area contributed by atoms with E-state index in [1.807, 2.05) is 56.6 Å². The molecule has 0 radical (unpaired) electrons. The van der Waals surface area contributed by atoms with Crippen molar-refractivity contribution < 1.29 is 8.83 Å². The summed E-state index contributed by atoms with van der Waals surface area (Å²) in [4.78, 5) is 4.10. The molecule has 130 valence electrons. The van der Waals surface area contributed by atoms with Gasteiger partial charge in [-0.1, -0.05) is 11.6 Å². The van der Waals surface area contributed by atoms with Crippen LogP contribution >= 0.6 is 0 Å². The number of furan rings is 2. The van der Waals surface area contributed by atoms with Crippen LogP contribution in [-0.4, -0.2) is 4.98 Å². The highest BCUT2D eigenvalue weighted by Crippen LogP contribution is 2.38. The molecule has 3 aromatic heterocycles. The van der Waals surface area contributed by atoms with Crippen molar-refractivity contribution in [3.8, 4) is 22.5 Å². The lowest BCUT2D eigenvalue weighted by Gasteiger charge is -2.03. The van der Waals surface area contributed by atoms with Crippen LogP contribution in [-0.2, 0) is 6.42 Å². The van der Waals surface area contributed by atoms with Gasteiger partial charge in [0.2, 0.25) is 0 Å². The predicted octanol–water partition coefficient (Wildman–Crippen LogP) is 6.57. The maximum atomic E-state index is 6.19. The quantitative estimate of drug-likeness (QED) is 0.385. The predicted molar refractivity (Wildman–Crippen MR) is 105 cm³/mol. The van der Waals surface area contributed by atoms with E-state index in [0.717, 1.165) is 63.4 Å². The van der Waals surface area contributed by atoms with Gasteiger partial charge in [-0.05, 0) is 67.8 Å². The Bertz CT molecular complexity index is 1070. The van der Waals surface area contributed by atoms with Gasteiger partial charge in [0.05, 0.1) is 5.56 Å². The third-order valence-electron chi connectivity index (χ3n) is 4.54. The van der Waals surface area contributed by atoms with Crippen molar-refractivity contribution in [2.75, 3.05) is 0 Å². The van der Waals surface area contributed by atoms with Crippen molar-refractivity contribution in [1.82, 2.24) is 4.98 Å². The molecule has 4 rings (SSSR count). The number of fused-ring (bicyclic) bond motifs is 1. The van der Waals surface area contributed by atoms with Crippen LogP contribution in [0.25, 0.3) is 33.4 Å². The molecule has 0 fully saturated rings. The highest BCUT2D eigenvalue weighted by atomic mass is 16.4. The van der Waals surface area contributed by atoms with Crippen LogP contribution in [0.15, 0.2) is 75.8 Å². The summed E-state index contributed by atoms with van der Waals surface area (Å²) in [6.07, 6.45) is 5.32. The van der Waals surface area contributed by atoms with E-state index < -0.39 is 0 Å². The van der Waals surface area contributed by atoms with Crippen molar-refractivity contribution in [1.29, 1.82) is 0 Å². The molecular weight excluding hydrogens is 322 g/mol. The normalized spacial score (nSPS) is 11.2. The minimum Gasteiger partial charge on any atom is -0.461 e. The van der Waals surface area contributed by atoms with Gasteiger partial charge >= 0.3 is 0 Å². The highest BCUT2D eigenvalue weighted by Gasteiger charge is 2.19. The van der Waals surface area contributed by atoms with E-state index in [9.17, 15) is 0 Å². The molecule has 3 heteroatoms. The molecular formula is C23H21NO2. The van der Waals surface area contributed by atoms with Crippen LogP contribution in [0, 0.1) is 6.92 Å². The summed E-state index contributed by atoms with van der Waals surface area (Å²) in [5.74, 6) is 2.69. The van der Waals surface area contributed by atoms with E-state index in [2.05, 4.69) is 23.7 Å². The SMILES string of the molecule is C=C(C)CCc1oc2ccc(-c3ccncc3)cc2c1-c1ccc(C)o1. The topological polar surface area (TPSA) is 39.2 Å². The zero-order chi connectivity index (χ0) is 18.1. The van der Waals surface area contributed by atoms with Crippen LogP contribution in [0.4, 0.5) is 0 Å². The molecule has 0 atom stereocenters. The van der Waals surface area contributed by atoms with Gasteiger partial charge in [-0.2, -0.15) is 0 Å². The Morgan fingerprint density at radius 3 is 2.50 bits per heavy atom.